The van der Waals surface area contributed by atoms with Crippen molar-refractivity contribution in [2.45, 2.75) is 26.4 Å². The number of hydrogen-bond donors (Lipinski definition) is 1. The summed E-state index contributed by atoms with van der Waals surface area (Å²) in [5.74, 6) is 1.88. The maximum absolute atomic E-state index is 5.77. The van der Waals surface area contributed by atoms with Gasteiger partial charge in [0.1, 0.15) is 5.75 Å². The molecule has 0 fully saturated rings. The first-order valence-electron chi connectivity index (χ1n) is 6.16. The molecule has 2 N–H and O–H groups in total. The molecule has 0 atom stereocenters. The van der Waals surface area contributed by atoms with E-state index in [1.165, 1.54) is 0 Å². The van der Waals surface area contributed by atoms with Crippen LogP contribution in [0.4, 0.5) is 0 Å². The summed E-state index contributed by atoms with van der Waals surface area (Å²) in [7, 11) is 0. The van der Waals surface area contributed by atoms with E-state index in [0.29, 0.717) is 18.3 Å². The first-order valence-corrected chi connectivity index (χ1v) is 6.95. The zero-order valence-electron chi connectivity index (χ0n) is 10.7. The number of rotatable bonds is 6. The molecule has 0 radical (unpaired) electrons. The molecule has 19 heavy (non-hydrogen) atoms. The normalized spacial score (nSPS) is 10.7. The van der Waals surface area contributed by atoms with Gasteiger partial charge in [-0.1, -0.05) is 19.1 Å². The van der Waals surface area contributed by atoms with E-state index < -0.39 is 0 Å². The highest BCUT2D eigenvalue weighted by Gasteiger charge is 2.10. The molecule has 1 aromatic carbocycles. The summed E-state index contributed by atoms with van der Waals surface area (Å²) in [5.41, 5.74) is 6.66. The second kappa shape index (κ2) is 6.68. The number of para-hydroxylation sites is 1. The second-order valence-corrected chi connectivity index (χ2v) is 4.85. The quantitative estimate of drug-likeness (QED) is 0.883. The van der Waals surface area contributed by atoms with Crippen LogP contribution in [0.1, 0.15) is 24.3 Å². The molecule has 5 nitrogen and oxygen atoms in total. The molecule has 1 heterocycles. The van der Waals surface area contributed by atoms with Gasteiger partial charge in [0.2, 0.25) is 5.89 Å². The molecule has 6 heteroatoms. The molecule has 0 saturated carbocycles. The number of ether oxygens (including phenoxy) is 1. The summed E-state index contributed by atoms with van der Waals surface area (Å²) in [4.78, 5) is 0. The Hall–Kier alpha value is -1.40. The van der Waals surface area contributed by atoms with Gasteiger partial charge in [-0.05, 0) is 40.5 Å². The summed E-state index contributed by atoms with van der Waals surface area (Å²) >= 11 is 3.48. The molecule has 0 aliphatic rings. The van der Waals surface area contributed by atoms with Gasteiger partial charge >= 0.3 is 0 Å². The number of nitrogens with two attached hydrogens (primary N) is 1. The Bertz CT molecular complexity index is 542. The highest BCUT2D eigenvalue weighted by molar-refractivity contribution is 9.10. The minimum atomic E-state index is 0.257. The highest BCUT2D eigenvalue weighted by Crippen LogP contribution is 2.30. The van der Waals surface area contributed by atoms with Gasteiger partial charge in [-0.2, -0.15) is 0 Å². The number of halogens is 1. The van der Waals surface area contributed by atoms with Crippen LogP contribution in [0.25, 0.3) is 0 Å². The van der Waals surface area contributed by atoms with Crippen LogP contribution in [0.2, 0.25) is 0 Å². The lowest BCUT2D eigenvalue weighted by atomic mass is 10.1. The summed E-state index contributed by atoms with van der Waals surface area (Å²) in [6.45, 7) is 2.80. The maximum atomic E-state index is 5.77. The average molecular weight is 326 g/mol. The molecule has 1 aromatic heterocycles. The van der Waals surface area contributed by atoms with Crippen LogP contribution in [0.15, 0.2) is 27.1 Å². The van der Waals surface area contributed by atoms with Gasteiger partial charge in [-0.25, -0.2) is 0 Å². The number of nitrogens with zero attached hydrogens (tertiary/aromatic N) is 2. The molecule has 0 amide bonds. The highest BCUT2D eigenvalue weighted by atomic mass is 79.9. The minimum Gasteiger partial charge on any atom is -0.482 e. The molecule has 102 valence electrons. The van der Waals surface area contributed by atoms with E-state index in [0.717, 1.165) is 28.6 Å². The maximum Gasteiger partial charge on any atom is 0.253 e. The number of hydrogen-bond acceptors (Lipinski definition) is 5. The van der Waals surface area contributed by atoms with E-state index >= 15 is 0 Å². The fourth-order valence-electron chi connectivity index (χ4n) is 1.69. The molecule has 0 saturated heterocycles. The lowest BCUT2D eigenvalue weighted by Crippen LogP contribution is -2.06. The van der Waals surface area contributed by atoms with Crippen molar-refractivity contribution in [1.82, 2.24) is 10.2 Å². The molecule has 0 bridgehead atoms. The monoisotopic (exact) mass is 325 g/mol. The predicted molar refractivity (Wildman–Crippen MR) is 74.9 cm³/mol. The molecular weight excluding hydrogens is 310 g/mol. The molecule has 0 unspecified atom stereocenters. The van der Waals surface area contributed by atoms with Crippen molar-refractivity contribution in [3.63, 3.8) is 0 Å². The predicted octanol–water partition coefficient (Wildman–Crippen LogP) is 2.47. The second-order valence-electron chi connectivity index (χ2n) is 4.00. The van der Waals surface area contributed by atoms with Gasteiger partial charge in [0.05, 0.1) is 4.47 Å². The topological polar surface area (TPSA) is 74.2 Å². The molecule has 2 aromatic rings. The Labute approximate surface area is 120 Å². The van der Waals surface area contributed by atoms with Crippen LogP contribution in [0.3, 0.4) is 0 Å². The van der Waals surface area contributed by atoms with Crippen molar-refractivity contribution in [3.05, 3.63) is 40.0 Å². The van der Waals surface area contributed by atoms with Crippen LogP contribution in [-0.4, -0.2) is 16.7 Å². The Morgan fingerprint density at radius 3 is 2.79 bits per heavy atom. The Balaban J connectivity index is 2.09. The first kappa shape index (κ1) is 14.0. The van der Waals surface area contributed by atoms with Crippen molar-refractivity contribution in [2.75, 3.05) is 6.54 Å². The minimum absolute atomic E-state index is 0.257. The van der Waals surface area contributed by atoms with Gasteiger partial charge in [-0.3, -0.25) is 0 Å². The third-order valence-electron chi connectivity index (χ3n) is 2.61. The van der Waals surface area contributed by atoms with Gasteiger partial charge in [0.25, 0.3) is 5.89 Å². The van der Waals surface area contributed by atoms with E-state index in [9.17, 15) is 0 Å². The molecule has 2 rings (SSSR count). The lowest BCUT2D eigenvalue weighted by molar-refractivity contribution is 0.255. The summed E-state index contributed by atoms with van der Waals surface area (Å²) in [5, 5.41) is 7.83. The van der Waals surface area contributed by atoms with Crippen molar-refractivity contribution >= 4 is 15.9 Å². The number of aryl methyl sites for hydroxylation is 1. The third-order valence-corrected chi connectivity index (χ3v) is 3.24. The molecule has 0 aliphatic carbocycles. The van der Waals surface area contributed by atoms with Crippen LogP contribution in [0, 0.1) is 0 Å². The molecular formula is C13H16BrN3O2. The zero-order chi connectivity index (χ0) is 13.7. The van der Waals surface area contributed by atoms with Crippen LogP contribution >= 0.6 is 15.9 Å². The van der Waals surface area contributed by atoms with E-state index in [1.807, 2.05) is 25.1 Å². The van der Waals surface area contributed by atoms with Gasteiger partial charge in [0.15, 0.2) is 6.61 Å². The number of aromatic nitrogens is 2. The molecule has 0 spiro atoms. The van der Waals surface area contributed by atoms with Crippen molar-refractivity contribution < 1.29 is 9.15 Å². The lowest BCUT2D eigenvalue weighted by Gasteiger charge is -2.11. The first-order chi connectivity index (χ1) is 9.24. The van der Waals surface area contributed by atoms with Gasteiger partial charge in [-0.15, -0.1) is 10.2 Å². The largest absolute Gasteiger partial charge is 0.482 e. The fraction of sp³-hybridized carbons (Fsp3) is 0.385. The van der Waals surface area contributed by atoms with E-state index in [1.54, 1.807) is 0 Å². The Morgan fingerprint density at radius 2 is 2.11 bits per heavy atom. The van der Waals surface area contributed by atoms with Crippen LogP contribution in [0.5, 0.6) is 5.75 Å². The summed E-state index contributed by atoms with van der Waals surface area (Å²) in [6.07, 6.45) is 1.49. The summed E-state index contributed by atoms with van der Waals surface area (Å²) < 4.78 is 12.1. The van der Waals surface area contributed by atoms with Crippen molar-refractivity contribution in [2.24, 2.45) is 5.73 Å². The van der Waals surface area contributed by atoms with Gasteiger partial charge in [0, 0.05) is 6.42 Å². The third kappa shape index (κ3) is 3.54. The Kier molecular flexibility index (Phi) is 4.93. The summed E-state index contributed by atoms with van der Waals surface area (Å²) in [6, 6.07) is 5.89. The Morgan fingerprint density at radius 1 is 1.32 bits per heavy atom. The standard InChI is InChI=1S/C13H16BrN3O2/c1-2-11-16-17-12(19-11)8-18-13-9(6-7-15)4-3-5-10(13)14/h3-5H,2,6-8,15H2,1H3. The van der Waals surface area contributed by atoms with E-state index in [-0.39, 0.29) is 6.61 Å². The van der Waals surface area contributed by atoms with Crippen molar-refractivity contribution in [1.29, 1.82) is 0 Å². The average Bonchev–Trinajstić information content (AvgIpc) is 2.86. The van der Waals surface area contributed by atoms with E-state index in [4.69, 9.17) is 14.9 Å². The molecule has 0 aliphatic heterocycles. The fourth-order valence-corrected chi connectivity index (χ4v) is 2.21. The van der Waals surface area contributed by atoms with Crippen LogP contribution in [-0.2, 0) is 19.4 Å². The van der Waals surface area contributed by atoms with Gasteiger partial charge < -0.3 is 14.9 Å². The van der Waals surface area contributed by atoms with E-state index in [2.05, 4.69) is 26.1 Å². The number of benzene rings is 1. The zero-order valence-corrected chi connectivity index (χ0v) is 12.3. The SMILES string of the molecule is CCc1nnc(COc2c(Br)cccc2CCN)o1. The smallest absolute Gasteiger partial charge is 0.253 e. The van der Waals surface area contributed by atoms with Crippen LogP contribution < -0.4 is 10.5 Å². The van der Waals surface area contributed by atoms with Crippen molar-refractivity contribution in [3.8, 4) is 5.75 Å².